The Hall–Kier alpha value is -1.81. The molecule has 0 bridgehead atoms. The van der Waals surface area contributed by atoms with E-state index in [0.29, 0.717) is 22.5 Å². The molecule has 0 radical (unpaired) electrons. The molecule has 4 nitrogen and oxygen atoms in total. The second-order valence-corrected chi connectivity index (χ2v) is 3.55. The Labute approximate surface area is 98.0 Å². The molecule has 0 saturated heterocycles. The first kappa shape index (κ1) is 10.7. The first-order chi connectivity index (χ1) is 7.70. The lowest BCUT2D eigenvalue weighted by Crippen LogP contribution is -1.98. The number of hydrogen-bond acceptors (Lipinski definition) is 4. The Kier molecular flexibility index (Phi) is 2.92. The number of methoxy groups -OCH3 is 1. The van der Waals surface area contributed by atoms with Gasteiger partial charge in [-0.2, -0.15) is 4.98 Å². The van der Waals surface area contributed by atoms with Gasteiger partial charge in [0.2, 0.25) is 5.88 Å². The van der Waals surface area contributed by atoms with Gasteiger partial charge >= 0.3 is 0 Å². The fourth-order valence-electron chi connectivity index (χ4n) is 1.31. The molecule has 0 aliphatic carbocycles. The highest BCUT2D eigenvalue weighted by atomic mass is 35.5. The second-order valence-electron chi connectivity index (χ2n) is 3.14. The second kappa shape index (κ2) is 4.37. The topological polar surface area (TPSA) is 61.0 Å². The lowest BCUT2D eigenvalue weighted by Gasteiger charge is -2.05. The Bertz CT molecular complexity index is 516. The van der Waals surface area contributed by atoms with Crippen LogP contribution in [0.2, 0.25) is 5.02 Å². The molecular weight excluding hydrogens is 226 g/mol. The molecule has 0 spiro atoms. The molecule has 1 aromatic carbocycles. The standard InChI is InChI=1S/C11H10ClN3O/c1-16-10-6-9(13)14-11(15-10)7-4-2-3-5-8(7)12/h2-6H,1H3,(H2,13,14,15). The molecule has 2 rings (SSSR count). The molecule has 0 unspecified atom stereocenters. The summed E-state index contributed by atoms with van der Waals surface area (Å²) >= 11 is 6.05. The zero-order valence-corrected chi connectivity index (χ0v) is 9.40. The number of nitrogens with zero attached hydrogens (tertiary/aromatic N) is 2. The van der Waals surface area contributed by atoms with Crippen LogP contribution >= 0.6 is 11.6 Å². The van der Waals surface area contributed by atoms with Gasteiger partial charge in [0.25, 0.3) is 0 Å². The van der Waals surface area contributed by atoms with Gasteiger partial charge in [-0.05, 0) is 12.1 Å². The molecule has 0 saturated carbocycles. The molecule has 0 aliphatic rings. The van der Waals surface area contributed by atoms with E-state index in [0.717, 1.165) is 5.56 Å². The van der Waals surface area contributed by atoms with E-state index in [1.807, 2.05) is 18.2 Å². The number of halogens is 1. The maximum Gasteiger partial charge on any atom is 0.218 e. The maximum atomic E-state index is 6.05. The molecule has 2 aromatic rings. The van der Waals surface area contributed by atoms with Crippen LogP contribution < -0.4 is 10.5 Å². The average Bonchev–Trinajstić information content (AvgIpc) is 2.28. The third-order valence-corrected chi connectivity index (χ3v) is 2.38. The Balaban J connectivity index is 2.56. The van der Waals surface area contributed by atoms with Gasteiger partial charge in [0, 0.05) is 11.6 Å². The summed E-state index contributed by atoms with van der Waals surface area (Å²) in [4.78, 5) is 8.30. The quantitative estimate of drug-likeness (QED) is 0.868. The number of nitrogens with two attached hydrogens (primary N) is 1. The first-order valence-corrected chi connectivity index (χ1v) is 5.02. The van der Waals surface area contributed by atoms with Gasteiger partial charge in [0.15, 0.2) is 5.82 Å². The monoisotopic (exact) mass is 235 g/mol. The summed E-state index contributed by atoms with van der Waals surface area (Å²) in [5, 5.41) is 0.579. The van der Waals surface area contributed by atoms with Crippen LogP contribution in [0.25, 0.3) is 11.4 Å². The highest BCUT2D eigenvalue weighted by Crippen LogP contribution is 2.26. The van der Waals surface area contributed by atoms with Crippen LogP contribution in [0.5, 0.6) is 5.88 Å². The molecule has 1 aromatic heterocycles. The lowest BCUT2D eigenvalue weighted by atomic mass is 10.2. The molecule has 0 aliphatic heterocycles. The predicted octanol–water partition coefficient (Wildman–Crippen LogP) is 2.39. The van der Waals surface area contributed by atoms with Gasteiger partial charge in [-0.3, -0.25) is 0 Å². The van der Waals surface area contributed by atoms with Crippen LogP contribution in [0, 0.1) is 0 Å². The minimum Gasteiger partial charge on any atom is -0.481 e. The van der Waals surface area contributed by atoms with E-state index in [9.17, 15) is 0 Å². The number of hydrogen-bond donors (Lipinski definition) is 1. The Morgan fingerprint density at radius 3 is 2.69 bits per heavy atom. The maximum absolute atomic E-state index is 6.05. The van der Waals surface area contributed by atoms with Crippen molar-refractivity contribution in [2.24, 2.45) is 0 Å². The van der Waals surface area contributed by atoms with Crippen molar-refractivity contribution in [3.63, 3.8) is 0 Å². The number of benzene rings is 1. The van der Waals surface area contributed by atoms with Crippen molar-refractivity contribution >= 4 is 17.4 Å². The van der Waals surface area contributed by atoms with Crippen molar-refractivity contribution in [1.29, 1.82) is 0 Å². The number of anilines is 1. The highest BCUT2D eigenvalue weighted by Gasteiger charge is 2.08. The van der Waals surface area contributed by atoms with Crippen molar-refractivity contribution in [2.45, 2.75) is 0 Å². The summed E-state index contributed by atoms with van der Waals surface area (Å²) in [6, 6.07) is 8.86. The van der Waals surface area contributed by atoms with E-state index < -0.39 is 0 Å². The zero-order valence-electron chi connectivity index (χ0n) is 8.64. The fourth-order valence-corrected chi connectivity index (χ4v) is 1.53. The van der Waals surface area contributed by atoms with Gasteiger partial charge in [0.05, 0.1) is 12.1 Å². The Morgan fingerprint density at radius 2 is 2.00 bits per heavy atom. The molecule has 0 atom stereocenters. The summed E-state index contributed by atoms with van der Waals surface area (Å²) in [6.07, 6.45) is 0. The smallest absolute Gasteiger partial charge is 0.218 e. The van der Waals surface area contributed by atoms with Gasteiger partial charge in [-0.15, -0.1) is 0 Å². The SMILES string of the molecule is COc1cc(N)nc(-c2ccccc2Cl)n1. The van der Waals surface area contributed by atoms with Crippen molar-refractivity contribution in [3.8, 4) is 17.3 Å². The summed E-state index contributed by atoms with van der Waals surface area (Å²) in [5.74, 6) is 1.23. The third kappa shape index (κ3) is 2.06. The summed E-state index contributed by atoms with van der Waals surface area (Å²) in [7, 11) is 1.53. The molecule has 82 valence electrons. The van der Waals surface area contributed by atoms with E-state index in [1.165, 1.54) is 7.11 Å². The van der Waals surface area contributed by atoms with Crippen molar-refractivity contribution in [1.82, 2.24) is 9.97 Å². The molecule has 0 amide bonds. The van der Waals surface area contributed by atoms with E-state index >= 15 is 0 Å². The van der Waals surface area contributed by atoms with Crippen LogP contribution in [-0.2, 0) is 0 Å². The zero-order chi connectivity index (χ0) is 11.5. The lowest BCUT2D eigenvalue weighted by molar-refractivity contribution is 0.398. The highest BCUT2D eigenvalue weighted by molar-refractivity contribution is 6.33. The van der Waals surface area contributed by atoms with Gasteiger partial charge in [-0.1, -0.05) is 23.7 Å². The number of rotatable bonds is 2. The van der Waals surface area contributed by atoms with Crippen LogP contribution in [0.3, 0.4) is 0 Å². The first-order valence-electron chi connectivity index (χ1n) is 4.64. The molecule has 16 heavy (non-hydrogen) atoms. The van der Waals surface area contributed by atoms with E-state index in [4.69, 9.17) is 22.1 Å². The molecule has 2 N–H and O–H groups in total. The fraction of sp³-hybridized carbons (Fsp3) is 0.0909. The van der Waals surface area contributed by atoms with E-state index in [-0.39, 0.29) is 0 Å². The van der Waals surface area contributed by atoms with Crippen molar-refractivity contribution < 1.29 is 4.74 Å². The summed E-state index contributed by atoms with van der Waals surface area (Å²) in [6.45, 7) is 0. The largest absolute Gasteiger partial charge is 0.481 e. The average molecular weight is 236 g/mol. The summed E-state index contributed by atoms with van der Waals surface area (Å²) in [5.41, 5.74) is 6.38. The van der Waals surface area contributed by atoms with Gasteiger partial charge in [-0.25, -0.2) is 4.98 Å². The van der Waals surface area contributed by atoms with Gasteiger partial charge < -0.3 is 10.5 Å². The number of ether oxygens (including phenoxy) is 1. The molecule has 5 heteroatoms. The number of nitrogen functional groups attached to an aromatic ring is 1. The van der Waals surface area contributed by atoms with Gasteiger partial charge in [0.1, 0.15) is 5.82 Å². The normalized spacial score (nSPS) is 10.1. The van der Waals surface area contributed by atoms with Crippen LogP contribution in [0.4, 0.5) is 5.82 Å². The van der Waals surface area contributed by atoms with E-state index in [1.54, 1.807) is 12.1 Å². The van der Waals surface area contributed by atoms with Crippen molar-refractivity contribution in [2.75, 3.05) is 12.8 Å². The van der Waals surface area contributed by atoms with Crippen LogP contribution in [0.1, 0.15) is 0 Å². The third-order valence-electron chi connectivity index (χ3n) is 2.05. The Morgan fingerprint density at radius 1 is 1.25 bits per heavy atom. The minimum atomic E-state index is 0.349. The predicted molar refractivity (Wildman–Crippen MR) is 63.4 cm³/mol. The van der Waals surface area contributed by atoms with Crippen LogP contribution in [-0.4, -0.2) is 17.1 Å². The molecule has 1 heterocycles. The van der Waals surface area contributed by atoms with Crippen LogP contribution in [0.15, 0.2) is 30.3 Å². The molecule has 0 fully saturated rings. The minimum absolute atomic E-state index is 0.349. The van der Waals surface area contributed by atoms with Crippen molar-refractivity contribution in [3.05, 3.63) is 35.4 Å². The number of aromatic nitrogens is 2. The summed E-state index contributed by atoms with van der Waals surface area (Å²) < 4.78 is 5.02. The van der Waals surface area contributed by atoms with E-state index in [2.05, 4.69) is 9.97 Å². The molecular formula is C11H10ClN3O.